The van der Waals surface area contributed by atoms with Crippen molar-refractivity contribution in [3.05, 3.63) is 97.2 Å². The molecule has 0 aliphatic rings. The van der Waals surface area contributed by atoms with E-state index in [4.69, 9.17) is 23.6 Å². The van der Waals surface area contributed by atoms with Gasteiger partial charge in [-0.3, -0.25) is 13.8 Å². The van der Waals surface area contributed by atoms with Gasteiger partial charge in [-0.15, -0.1) is 0 Å². The Kier molecular flexibility index (Phi) is 45.8. The smallest absolute Gasteiger partial charge is 0.457 e. The molecular weight excluding hydrogens is 800 g/mol. The highest BCUT2D eigenvalue weighted by molar-refractivity contribution is 7.47. The highest BCUT2D eigenvalue weighted by atomic mass is 31.2. The lowest BCUT2D eigenvalue weighted by molar-refractivity contribution is -0.154. The van der Waals surface area contributed by atoms with Gasteiger partial charge >= 0.3 is 13.8 Å². The number of hydrogen-bond acceptors (Lipinski definition) is 8. The van der Waals surface area contributed by atoms with Crippen LogP contribution in [0.3, 0.4) is 0 Å². The van der Waals surface area contributed by atoms with Crippen LogP contribution in [-0.4, -0.2) is 66.3 Å². The van der Waals surface area contributed by atoms with Crippen molar-refractivity contribution in [2.24, 2.45) is 0 Å². The van der Waals surface area contributed by atoms with Crippen LogP contribution < -0.4 is 0 Å². The van der Waals surface area contributed by atoms with Crippen LogP contribution >= 0.6 is 7.82 Å². The first-order valence-corrected chi connectivity index (χ1v) is 25.7. The predicted octanol–water partition coefficient (Wildman–Crippen LogP) is 14.0. The zero-order valence-electron chi connectivity index (χ0n) is 39.1. The highest BCUT2D eigenvalue weighted by Gasteiger charge is 2.26. The third-order valence-electron chi connectivity index (χ3n) is 9.77. The lowest BCUT2D eigenvalue weighted by atomic mass is 10.1. The number of phosphoric acid groups is 1. The number of hydrogen-bond donors (Lipinski definition) is 3. The van der Waals surface area contributed by atoms with Crippen LogP contribution in [0.2, 0.25) is 0 Å². The van der Waals surface area contributed by atoms with E-state index in [1.54, 1.807) is 0 Å². The molecular formula is C52H89O9P. The number of phosphoric ester groups is 1. The van der Waals surface area contributed by atoms with Crippen LogP contribution in [0.5, 0.6) is 0 Å². The van der Waals surface area contributed by atoms with Crippen LogP contribution in [-0.2, 0) is 27.9 Å². The summed E-state index contributed by atoms with van der Waals surface area (Å²) in [6.45, 7) is 3.27. The summed E-state index contributed by atoms with van der Waals surface area (Å²) in [5.41, 5.74) is 0. The number of ether oxygens (including phenoxy) is 2. The second-order valence-electron chi connectivity index (χ2n) is 15.7. The summed E-state index contributed by atoms with van der Waals surface area (Å²) in [6.07, 6.45) is 61.0. The lowest BCUT2D eigenvalue weighted by Gasteiger charge is -2.20. The van der Waals surface area contributed by atoms with Crippen molar-refractivity contribution in [1.82, 2.24) is 0 Å². The molecule has 0 saturated carbocycles. The molecule has 356 valence electrons. The van der Waals surface area contributed by atoms with E-state index in [2.05, 4.69) is 98.9 Å². The van der Waals surface area contributed by atoms with Gasteiger partial charge in [-0.2, -0.15) is 0 Å². The normalized spacial score (nSPS) is 14.7. The van der Waals surface area contributed by atoms with E-state index in [-0.39, 0.29) is 13.0 Å². The van der Waals surface area contributed by atoms with Gasteiger partial charge < -0.3 is 24.6 Å². The van der Waals surface area contributed by atoms with Crippen LogP contribution in [0.4, 0.5) is 0 Å². The van der Waals surface area contributed by atoms with Gasteiger partial charge in [-0.1, -0.05) is 188 Å². The third kappa shape index (κ3) is 46.9. The number of unbranched alkanes of at least 4 members (excludes halogenated alkanes) is 15. The molecule has 0 saturated heterocycles. The molecule has 0 spiro atoms. The SMILES string of the molecule is CC/C=C\C/C=C\C/C=C\C/C=C\C/C=C\C/C=C\CCC(=O)OC(COCCCCCCCCCCCC/C=C\C/C=C\CCCCCCC)COP(=O)(O)OCC(O)CO. The topological polar surface area (TPSA) is 132 Å². The van der Waals surface area contributed by atoms with Crippen molar-refractivity contribution in [3.8, 4) is 0 Å². The van der Waals surface area contributed by atoms with Crippen molar-refractivity contribution in [1.29, 1.82) is 0 Å². The second-order valence-corrected chi connectivity index (χ2v) is 17.2. The number of allylic oxidation sites excluding steroid dienone is 16. The van der Waals surface area contributed by atoms with Crippen molar-refractivity contribution >= 4 is 13.8 Å². The molecule has 0 aliphatic heterocycles. The zero-order valence-corrected chi connectivity index (χ0v) is 39.9. The van der Waals surface area contributed by atoms with Gasteiger partial charge in [0.15, 0.2) is 0 Å². The summed E-state index contributed by atoms with van der Waals surface area (Å²) >= 11 is 0. The van der Waals surface area contributed by atoms with Gasteiger partial charge in [0.25, 0.3) is 0 Å². The number of carbonyl (C=O) groups is 1. The molecule has 0 radical (unpaired) electrons. The Morgan fingerprint density at radius 1 is 0.516 bits per heavy atom. The molecule has 0 aromatic rings. The van der Waals surface area contributed by atoms with Gasteiger partial charge in [0.05, 0.1) is 26.4 Å². The van der Waals surface area contributed by atoms with Crippen LogP contribution in [0.1, 0.15) is 181 Å². The molecule has 0 bridgehead atoms. The first-order chi connectivity index (χ1) is 30.3. The van der Waals surface area contributed by atoms with Crippen molar-refractivity contribution in [3.63, 3.8) is 0 Å². The first kappa shape index (κ1) is 59.4. The molecule has 0 rings (SSSR count). The van der Waals surface area contributed by atoms with Crippen LogP contribution in [0.15, 0.2) is 97.2 Å². The Labute approximate surface area is 378 Å². The average molecular weight is 889 g/mol. The minimum Gasteiger partial charge on any atom is -0.457 e. The van der Waals surface area contributed by atoms with Gasteiger partial charge in [0.1, 0.15) is 12.2 Å². The minimum atomic E-state index is -4.55. The summed E-state index contributed by atoms with van der Waals surface area (Å²) in [5.74, 6) is -0.468. The van der Waals surface area contributed by atoms with E-state index < -0.39 is 45.8 Å². The molecule has 10 heteroatoms. The van der Waals surface area contributed by atoms with Gasteiger partial charge in [-0.25, -0.2) is 4.57 Å². The summed E-state index contributed by atoms with van der Waals surface area (Å²) in [7, 11) is -4.55. The molecule has 0 aromatic heterocycles. The van der Waals surface area contributed by atoms with Gasteiger partial charge in [-0.05, 0) is 83.5 Å². The Balaban J connectivity index is 4.24. The fraction of sp³-hybridized carbons (Fsp3) is 0.673. The maximum Gasteiger partial charge on any atom is 0.472 e. The van der Waals surface area contributed by atoms with E-state index in [9.17, 15) is 19.4 Å². The maximum atomic E-state index is 12.6. The van der Waals surface area contributed by atoms with E-state index >= 15 is 0 Å². The number of aliphatic hydroxyl groups excluding tert-OH is 2. The van der Waals surface area contributed by atoms with E-state index in [0.29, 0.717) is 13.0 Å². The molecule has 62 heavy (non-hydrogen) atoms. The largest absolute Gasteiger partial charge is 0.472 e. The van der Waals surface area contributed by atoms with E-state index in [0.717, 1.165) is 64.2 Å². The number of rotatable bonds is 45. The predicted molar refractivity (Wildman–Crippen MR) is 260 cm³/mol. The van der Waals surface area contributed by atoms with E-state index in [1.165, 1.54) is 89.9 Å². The molecule has 3 N–H and O–H groups in total. The average Bonchev–Trinajstić information content (AvgIpc) is 3.26. The summed E-state index contributed by atoms with van der Waals surface area (Å²) in [5, 5.41) is 18.4. The molecule has 9 nitrogen and oxygen atoms in total. The molecule has 0 aliphatic carbocycles. The quantitative estimate of drug-likeness (QED) is 0.0237. The fourth-order valence-electron chi connectivity index (χ4n) is 6.12. The zero-order chi connectivity index (χ0) is 45.3. The van der Waals surface area contributed by atoms with E-state index in [1.807, 2.05) is 12.2 Å². The Morgan fingerprint density at radius 3 is 1.39 bits per heavy atom. The fourth-order valence-corrected chi connectivity index (χ4v) is 6.91. The second kappa shape index (κ2) is 47.8. The number of carbonyl (C=O) groups excluding carboxylic acids is 1. The third-order valence-corrected chi connectivity index (χ3v) is 10.7. The molecule has 3 unspecified atom stereocenters. The van der Waals surface area contributed by atoms with Crippen LogP contribution in [0.25, 0.3) is 0 Å². The van der Waals surface area contributed by atoms with Gasteiger partial charge in [0, 0.05) is 13.0 Å². The lowest BCUT2D eigenvalue weighted by Crippen LogP contribution is -2.29. The Hall–Kier alpha value is -2.62. The van der Waals surface area contributed by atoms with Gasteiger partial charge in [0.2, 0.25) is 0 Å². The molecule has 0 amide bonds. The summed E-state index contributed by atoms with van der Waals surface area (Å²) in [4.78, 5) is 22.6. The summed E-state index contributed by atoms with van der Waals surface area (Å²) in [6, 6.07) is 0. The molecule has 0 fully saturated rings. The minimum absolute atomic E-state index is 0.0109. The Bertz CT molecular complexity index is 1280. The Morgan fingerprint density at radius 2 is 0.919 bits per heavy atom. The first-order valence-electron chi connectivity index (χ1n) is 24.2. The summed E-state index contributed by atoms with van der Waals surface area (Å²) < 4.78 is 33.4. The van der Waals surface area contributed by atoms with Crippen LogP contribution in [0, 0.1) is 0 Å². The standard InChI is InChI=1S/C52H89O9P/c1-3-5-7-9-11-13-15-17-19-21-23-24-25-27-29-31-33-35-37-39-41-43-45-58-48-51(49-60-62(56,57)59-47-50(54)46-53)61-52(55)44-42-40-38-36-34-32-30-28-26-22-20-18-16-14-12-10-8-6-4-2/h6,8,12,14-15,17-18,20-21,23,26,28,32,34,38,40,50-51,53-54H,3-5,7,9-11,13,16,19,22,24-25,27,29-31,33,35-37,39,41-49H2,1-2H3,(H,56,57)/b8-6-,14-12-,17-15-,20-18-,23-21-,28-26-,34-32-,40-38-. The molecule has 0 heterocycles. The van der Waals surface area contributed by atoms with Crippen molar-refractivity contribution < 1.29 is 43.0 Å². The van der Waals surface area contributed by atoms with Crippen molar-refractivity contribution in [2.45, 2.75) is 193 Å². The number of aliphatic hydroxyl groups is 2. The maximum absolute atomic E-state index is 12.6. The number of esters is 1. The monoisotopic (exact) mass is 889 g/mol. The highest BCUT2D eigenvalue weighted by Crippen LogP contribution is 2.43. The van der Waals surface area contributed by atoms with Crippen molar-refractivity contribution in [2.75, 3.05) is 33.0 Å². The molecule has 3 atom stereocenters. The molecule has 0 aromatic carbocycles.